The molecule has 1 aromatic heterocycles. The summed E-state index contributed by atoms with van der Waals surface area (Å²) < 4.78 is 0.629. The van der Waals surface area contributed by atoms with E-state index >= 15 is 0 Å². The van der Waals surface area contributed by atoms with Gasteiger partial charge < -0.3 is 5.11 Å². The first-order valence-corrected chi connectivity index (χ1v) is 5.59. The molecule has 78 valence electrons. The second-order valence-electron chi connectivity index (χ2n) is 3.48. The van der Waals surface area contributed by atoms with E-state index < -0.39 is 0 Å². The fourth-order valence-electron chi connectivity index (χ4n) is 1.65. The molecule has 0 amide bonds. The van der Waals surface area contributed by atoms with Gasteiger partial charge in [0.15, 0.2) is 5.75 Å². The number of phenols is 1. The molecule has 3 nitrogen and oxygen atoms in total. The number of para-hydroxylation sites is 2. The lowest BCUT2D eigenvalue weighted by Crippen LogP contribution is -1.87. The molecule has 0 radical (unpaired) electrons. The summed E-state index contributed by atoms with van der Waals surface area (Å²) in [6.07, 6.45) is 0. The van der Waals surface area contributed by atoms with Crippen LogP contribution in [-0.4, -0.2) is 15.1 Å². The molecule has 0 aliphatic carbocycles. The van der Waals surface area contributed by atoms with E-state index in [4.69, 9.17) is 0 Å². The van der Waals surface area contributed by atoms with Crippen LogP contribution in [0.3, 0.4) is 0 Å². The van der Waals surface area contributed by atoms with E-state index in [9.17, 15) is 5.11 Å². The predicted molar refractivity (Wildman–Crippen MR) is 66.4 cm³/mol. The number of aromatic nitrogens is 2. The van der Waals surface area contributed by atoms with Gasteiger partial charge in [-0.1, -0.05) is 12.1 Å². The van der Waals surface area contributed by atoms with Crippen molar-refractivity contribution >= 4 is 38.0 Å². The van der Waals surface area contributed by atoms with Gasteiger partial charge in [-0.25, -0.2) is 9.97 Å². The number of hydrogen-bond acceptors (Lipinski definition) is 3. The fraction of sp³-hybridized carbons (Fsp3) is 0. The van der Waals surface area contributed by atoms with Crippen molar-refractivity contribution in [3.63, 3.8) is 0 Å². The molecule has 0 saturated carbocycles. The van der Waals surface area contributed by atoms with Gasteiger partial charge in [-0.3, -0.25) is 0 Å². The first-order valence-electron chi connectivity index (χ1n) is 4.80. The van der Waals surface area contributed by atoms with E-state index in [1.54, 1.807) is 6.07 Å². The molecule has 1 heterocycles. The fourth-order valence-corrected chi connectivity index (χ4v) is 1.97. The lowest BCUT2D eigenvalue weighted by Gasteiger charge is -2.03. The highest BCUT2D eigenvalue weighted by Gasteiger charge is 2.07. The van der Waals surface area contributed by atoms with Crippen molar-refractivity contribution in [2.45, 2.75) is 0 Å². The minimum Gasteiger partial charge on any atom is -0.504 e. The number of nitrogens with zero attached hydrogens (tertiary/aromatic N) is 2. The van der Waals surface area contributed by atoms with Crippen LogP contribution in [0.1, 0.15) is 0 Å². The molecule has 3 rings (SSSR count). The third-order valence-corrected chi connectivity index (χ3v) is 3.08. The minimum absolute atomic E-state index is 0.135. The number of aromatic hydroxyl groups is 1. The van der Waals surface area contributed by atoms with Gasteiger partial charge in [-0.15, -0.1) is 0 Å². The van der Waals surface area contributed by atoms with Crippen molar-refractivity contribution in [1.29, 1.82) is 0 Å². The Morgan fingerprint density at radius 2 is 1.56 bits per heavy atom. The molecular formula is C12H7BrN2O. The summed E-state index contributed by atoms with van der Waals surface area (Å²) in [4.78, 5) is 8.83. The molecule has 1 N–H and O–H groups in total. The summed E-state index contributed by atoms with van der Waals surface area (Å²) in [7, 11) is 0. The standard InChI is InChI=1S/C12H7BrN2O/c13-7-5-6-10-11(12(7)16)15-9-4-2-1-3-8(9)14-10/h1-6,16H. The van der Waals surface area contributed by atoms with Crippen molar-refractivity contribution in [2.24, 2.45) is 0 Å². The summed E-state index contributed by atoms with van der Waals surface area (Å²) in [5.74, 6) is 0.135. The maximum atomic E-state index is 9.87. The summed E-state index contributed by atoms with van der Waals surface area (Å²) >= 11 is 3.26. The normalized spacial score (nSPS) is 11.1. The van der Waals surface area contributed by atoms with Crippen LogP contribution < -0.4 is 0 Å². The zero-order valence-electron chi connectivity index (χ0n) is 8.18. The highest BCUT2D eigenvalue weighted by atomic mass is 79.9. The molecule has 0 unspecified atom stereocenters. The van der Waals surface area contributed by atoms with Gasteiger partial charge in [-0.2, -0.15) is 0 Å². The van der Waals surface area contributed by atoms with Gasteiger partial charge in [0.25, 0.3) is 0 Å². The van der Waals surface area contributed by atoms with E-state index in [2.05, 4.69) is 25.9 Å². The molecule has 3 aromatic rings. The molecule has 0 aliphatic heterocycles. The van der Waals surface area contributed by atoms with Crippen LogP contribution in [0, 0.1) is 0 Å². The highest BCUT2D eigenvalue weighted by molar-refractivity contribution is 9.10. The molecule has 0 spiro atoms. The lowest BCUT2D eigenvalue weighted by atomic mass is 10.2. The summed E-state index contributed by atoms with van der Waals surface area (Å²) in [6, 6.07) is 11.2. The Kier molecular flexibility index (Phi) is 2.04. The molecule has 0 atom stereocenters. The van der Waals surface area contributed by atoms with E-state index in [1.165, 1.54) is 0 Å². The molecular weight excluding hydrogens is 268 g/mol. The topological polar surface area (TPSA) is 46.0 Å². The second kappa shape index (κ2) is 3.42. The SMILES string of the molecule is Oc1c(Br)ccc2nc3ccccc3nc12. The molecule has 16 heavy (non-hydrogen) atoms. The van der Waals surface area contributed by atoms with Crippen molar-refractivity contribution < 1.29 is 5.11 Å². The zero-order chi connectivity index (χ0) is 11.1. The molecule has 2 aromatic carbocycles. The van der Waals surface area contributed by atoms with Gasteiger partial charge in [0, 0.05) is 0 Å². The lowest BCUT2D eigenvalue weighted by molar-refractivity contribution is 0.477. The highest BCUT2D eigenvalue weighted by Crippen LogP contribution is 2.31. The summed E-state index contributed by atoms with van der Waals surface area (Å²) in [6.45, 7) is 0. The van der Waals surface area contributed by atoms with Crippen LogP contribution in [0.25, 0.3) is 22.1 Å². The largest absolute Gasteiger partial charge is 0.504 e. The van der Waals surface area contributed by atoms with Crippen LogP contribution in [0.4, 0.5) is 0 Å². The van der Waals surface area contributed by atoms with E-state index in [1.807, 2.05) is 30.3 Å². The monoisotopic (exact) mass is 274 g/mol. The summed E-state index contributed by atoms with van der Waals surface area (Å²) in [5, 5.41) is 9.87. The van der Waals surface area contributed by atoms with Crippen LogP contribution in [-0.2, 0) is 0 Å². The Morgan fingerprint density at radius 3 is 2.31 bits per heavy atom. The van der Waals surface area contributed by atoms with Crippen LogP contribution in [0.5, 0.6) is 5.75 Å². The molecule has 0 saturated heterocycles. The summed E-state index contributed by atoms with van der Waals surface area (Å²) in [5.41, 5.74) is 2.83. The molecule has 0 fully saturated rings. The number of phenolic OH excluding ortho intramolecular Hbond substituents is 1. The van der Waals surface area contributed by atoms with Crippen molar-refractivity contribution in [1.82, 2.24) is 9.97 Å². The number of hydrogen-bond donors (Lipinski definition) is 1. The molecule has 4 heteroatoms. The number of fused-ring (bicyclic) bond motifs is 2. The Morgan fingerprint density at radius 1 is 0.875 bits per heavy atom. The van der Waals surface area contributed by atoms with Crippen LogP contribution >= 0.6 is 15.9 Å². The Hall–Kier alpha value is -1.68. The Labute approximate surface area is 99.9 Å². The van der Waals surface area contributed by atoms with E-state index in [-0.39, 0.29) is 5.75 Å². The van der Waals surface area contributed by atoms with Gasteiger partial charge >= 0.3 is 0 Å². The third kappa shape index (κ3) is 1.34. The zero-order valence-corrected chi connectivity index (χ0v) is 9.77. The van der Waals surface area contributed by atoms with E-state index in [0.29, 0.717) is 15.5 Å². The Bertz CT molecular complexity index is 697. The van der Waals surface area contributed by atoms with Crippen molar-refractivity contribution in [3.8, 4) is 5.75 Å². The van der Waals surface area contributed by atoms with Crippen LogP contribution in [0.2, 0.25) is 0 Å². The average Bonchev–Trinajstić information content (AvgIpc) is 2.32. The van der Waals surface area contributed by atoms with E-state index in [0.717, 1.165) is 11.0 Å². The predicted octanol–water partition coefficient (Wildman–Crippen LogP) is 3.25. The minimum atomic E-state index is 0.135. The molecule has 0 bridgehead atoms. The Balaban J connectivity index is 2.51. The number of benzene rings is 2. The maximum absolute atomic E-state index is 9.87. The van der Waals surface area contributed by atoms with Crippen LogP contribution in [0.15, 0.2) is 40.9 Å². The first-order chi connectivity index (χ1) is 7.75. The molecule has 0 aliphatic rings. The van der Waals surface area contributed by atoms with Gasteiger partial charge in [0.1, 0.15) is 5.52 Å². The smallest absolute Gasteiger partial charge is 0.157 e. The van der Waals surface area contributed by atoms with Gasteiger partial charge in [0.05, 0.1) is 21.0 Å². The van der Waals surface area contributed by atoms with Gasteiger partial charge in [-0.05, 0) is 40.2 Å². The maximum Gasteiger partial charge on any atom is 0.157 e. The van der Waals surface area contributed by atoms with Crippen molar-refractivity contribution in [3.05, 3.63) is 40.9 Å². The van der Waals surface area contributed by atoms with Gasteiger partial charge in [0.2, 0.25) is 0 Å². The first kappa shape index (κ1) is 9.54. The van der Waals surface area contributed by atoms with Crippen molar-refractivity contribution in [2.75, 3.05) is 0 Å². The third-order valence-electron chi connectivity index (χ3n) is 2.44. The second-order valence-corrected chi connectivity index (χ2v) is 4.33. The number of rotatable bonds is 0. The quantitative estimate of drug-likeness (QED) is 0.640. The number of halogens is 1. The average molecular weight is 275 g/mol.